The Bertz CT molecular complexity index is 675. The van der Waals surface area contributed by atoms with E-state index in [1.165, 1.54) is 14.0 Å². The van der Waals surface area contributed by atoms with Gasteiger partial charge in [-0.3, -0.25) is 9.69 Å². The van der Waals surface area contributed by atoms with Crippen LogP contribution >= 0.6 is 0 Å². The summed E-state index contributed by atoms with van der Waals surface area (Å²) in [5.41, 5.74) is 11.2. The van der Waals surface area contributed by atoms with Crippen molar-refractivity contribution in [3.8, 4) is 0 Å². The van der Waals surface area contributed by atoms with E-state index in [1.54, 1.807) is 6.08 Å². The minimum absolute atomic E-state index is 0.104. The first-order valence-electron chi connectivity index (χ1n) is 9.09. The number of ether oxygens (including phenoxy) is 1. The number of rotatable bonds is 5. The van der Waals surface area contributed by atoms with Crippen molar-refractivity contribution in [2.75, 3.05) is 20.2 Å². The Morgan fingerprint density at radius 3 is 2.61 bits per heavy atom. The number of aliphatic imine (C=N–C) groups is 1. The van der Waals surface area contributed by atoms with E-state index in [9.17, 15) is 19.5 Å². The Morgan fingerprint density at radius 1 is 1.32 bits per heavy atom. The molecule has 0 aromatic heterocycles. The quantitative estimate of drug-likeness (QED) is 0.283. The maximum absolute atomic E-state index is 11.8. The maximum Gasteiger partial charge on any atom is 0.407 e. The largest absolute Gasteiger partial charge is 0.478 e. The summed E-state index contributed by atoms with van der Waals surface area (Å²) in [5.74, 6) is -1.49. The molecule has 0 bridgehead atoms. The lowest BCUT2D eigenvalue weighted by Gasteiger charge is -2.44. The molecule has 1 saturated heterocycles. The van der Waals surface area contributed by atoms with Crippen LogP contribution in [0.3, 0.4) is 0 Å². The number of carbonyl (C=O) groups is 3. The molecule has 156 valence electrons. The Hall–Kier alpha value is -2.82. The zero-order valence-corrected chi connectivity index (χ0v) is 16.1. The number of likely N-dealkylation sites (tertiary alicyclic amines) is 1. The van der Waals surface area contributed by atoms with Gasteiger partial charge in [-0.25, -0.2) is 14.6 Å². The van der Waals surface area contributed by atoms with E-state index in [2.05, 4.69) is 20.4 Å². The third-order valence-electron chi connectivity index (χ3n) is 4.92. The second kappa shape index (κ2) is 9.40. The van der Waals surface area contributed by atoms with Gasteiger partial charge in [0.25, 0.3) is 0 Å². The molecule has 0 spiro atoms. The molecule has 0 aromatic carbocycles. The number of carboxylic acid groups (broad SMARTS) is 1. The molecule has 1 aliphatic carbocycles. The van der Waals surface area contributed by atoms with E-state index in [0.29, 0.717) is 13.1 Å². The zero-order chi connectivity index (χ0) is 20.8. The monoisotopic (exact) mass is 396 g/mol. The number of hydrogen-bond donors (Lipinski definition) is 5. The van der Waals surface area contributed by atoms with Crippen molar-refractivity contribution < 1.29 is 24.2 Å². The number of guanidine groups is 1. The minimum Gasteiger partial charge on any atom is -0.478 e. The lowest BCUT2D eigenvalue weighted by molar-refractivity contribution is -0.133. The summed E-state index contributed by atoms with van der Waals surface area (Å²) in [7, 11) is 1.30. The van der Waals surface area contributed by atoms with Crippen LogP contribution in [0.25, 0.3) is 0 Å². The molecular formula is C17H28N6O5. The molecule has 4 atom stereocenters. The number of hydrogen-bond acceptors (Lipinski definition) is 6. The fraction of sp³-hybridized carbons (Fsp3) is 0.647. The van der Waals surface area contributed by atoms with Crippen molar-refractivity contribution in [1.82, 2.24) is 15.5 Å². The highest BCUT2D eigenvalue weighted by Gasteiger charge is 2.40. The van der Waals surface area contributed by atoms with Crippen LogP contribution in [0, 0.1) is 0 Å². The Kier molecular flexibility index (Phi) is 7.21. The van der Waals surface area contributed by atoms with Crippen molar-refractivity contribution >= 4 is 23.9 Å². The van der Waals surface area contributed by atoms with Crippen LogP contribution in [-0.4, -0.2) is 78.3 Å². The average Bonchev–Trinajstić information content (AvgIpc) is 2.62. The molecule has 11 nitrogen and oxygen atoms in total. The van der Waals surface area contributed by atoms with Gasteiger partial charge in [0.05, 0.1) is 25.2 Å². The number of piperidine rings is 1. The van der Waals surface area contributed by atoms with Gasteiger partial charge in [-0.05, 0) is 19.4 Å². The number of nitrogens with two attached hydrogens (primary N) is 2. The standard InChI is InChI=1S/C17H28N6O5/c1-9(24)20-14-12(22-16(18)19)6-10(15(25)26)7-13(14)23-5-3-4-11(8-23)21-17(27)28-2/h7,11-14H,3-6,8H2,1-2H3,(H,20,24)(H,21,27)(H,25,26)(H4,18,19,22)/t11-,12-,13+,14+/m0/s1. The molecule has 2 aliphatic rings. The van der Waals surface area contributed by atoms with E-state index >= 15 is 0 Å². The van der Waals surface area contributed by atoms with Gasteiger partial charge in [0, 0.05) is 31.5 Å². The number of aliphatic carboxylic acids is 1. The number of amides is 2. The Morgan fingerprint density at radius 2 is 2.04 bits per heavy atom. The highest BCUT2D eigenvalue weighted by atomic mass is 16.5. The number of nitrogens with one attached hydrogen (secondary N) is 2. The Labute approximate surface area is 163 Å². The average molecular weight is 396 g/mol. The van der Waals surface area contributed by atoms with Crippen LogP contribution in [0.2, 0.25) is 0 Å². The van der Waals surface area contributed by atoms with Crippen LogP contribution < -0.4 is 22.1 Å². The Balaban J connectivity index is 2.32. The van der Waals surface area contributed by atoms with Crippen molar-refractivity contribution in [3.63, 3.8) is 0 Å². The van der Waals surface area contributed by atoms with Gasteiger partial charge in [0.15, 0.2) is 5.96 Å². The summed E-state index contributed by atoms with van der Waals surface area (Å²) in [6.45, 7) is 2.55. The molecule has 0 radical (unpaired) electrons. The van der Waals surface area contributed by atoms with Crippen molar-refractivity contribution in [2.45, 2.75) is 50.4 Å². The SMILES string of the molecule is COC(=O)N[C@H]1CCCN([C@@H]2C=C(C(=O)O)C[C@H](N=C(N)N)[C@H]2NC(C)=O)C1. The fourth-order valence-electron chi connectivity index (χ4n) is 3.80. The van der Waals surface area contributed by atoms with Gasteiger partial charge in [-0.1, -0.05) is 6.08 Å². The second-order valence-electron chi connectivity index (χ2n) is 7.01. The van der Waals surface area contributed by atoms with Gasteiger partial charge in [-0.15, -0.1) is 0 Å². The zero-order valence-electron chi connectivity index (χ0n) is 16.1. The molecule has 11 heteroatoms. The van der Waals surface area contributed by atoms with Gasteiger partial charge < -0.3 is 31.9 Å². The summed E-state index contributed by atoms with van der Waals surface area (Å²) in [4.78, 5) is 41.2. The normalized spacial score (nSPS) is 27.9. The first kappa shape index (κ1) is 21.5. The second-order valence-corrected chi connectivity index (χ2v) is 7.01. The fourth-order valence-corrected chi connectivity index (χ4v) is 3.80. The molecule has 1 aliphatic heterocycles. The number of carbonyl (C=O) groups excluding carboxylic acids is 2. The van der Waals surface area contributed by atoms with Gasteiger partial charge >= 0.3 is 12.1 Å². The number of methoxy groups -OCH3 is 1. The number of alkyl carbamates (subject to hydrolysis) is 1. The van der Waals surface area contributed by atoms with E-state index in [-0.39, 0.29) is 29.9 Å². The van der Waals surface area contributed by atoms with Crippen LogP contribution in [-0.2, 0) is 14.3 Å². The predicted octanol–water partition coefficient (Wildman–Crippen LogP) is -1.26. The molecule has 2 rings (SSSR count). The van der Waals surface area contributed by atoms with Gasteiger partial charge in [0.1, 0.15) is 0 Å². The van der Waals surface area contributed by atoms with E-state index in [1.807, 2.05) is 4.90 Å². The lowest BCUT2D eigenvalue weighted by atomic mass is 9.84. The lowest BCUT2D eigenvalue weighted by Crippen LogP contribution is -2.61. The molecule has 0 unspecified atom stereocenters. The van der Waals surface area contributed by atoms with Crippen LogP contribution in [0.1, 0.15) is 26.2 Å². The topological polar surface area (TPSA) is 172 Å². The molecule has 1 fully saturated rings. The first-order valence-corrected chi connectivity index (χ1v) is 9.09. The molecule has 7 N–H and O–H groups in total. The predicted molar refractivity (Wildman–Crippen MR) is 101 cm³/mol. The summed E-state index contributed by atoms with van der Waals surface area (Å²) in [6.07, 6.45) is 2.79. The molecule has 0 saturated carbocycles. The number of carboxylic acids is 1. The van der Waals surface area contributed by atoms with Crippen LogP contribution in [0.15, 0.2) is 16.6 Å². The molecule has 1 heterocycles. The van der Waals surface area contributed by atoms with Gasteiger partial charge in [-0.2, -0.15) is 0 Å². The third-order valence-corrected chi connectivity index (χ3v) is 4.92. The minimum atomic E-state index is -1.05. The summed E-state index contributed by atoms with van der Waals surface area (Å²) in [5, 5.41) is 15.2. The van der Waals surface area contributed by atoms with Crippen molar-refractivity contribution in [2.24, 2.45) is 16.5 Å². The summed E-state index contributed by atoms with van der Waals surface area (Å²) >= 11 is 0. The molecule has 2 amide bonds. The van der Waals surface area contributed by atoms with E-state index in [0.717, 1.165) is 12.8 Å². The number of nitrogens with zero attached hydrogens (tertiary/aromatic N) is 2. The maximum atomic E-state index is 11.8. The van der Waals surface area contributed by atoms with Gasteiger partial charge in [0.2, 0.25) is 5.91 Å². The molecule has 0 aromatic rings. The highest BCUT2D eigenvalue weighted by molar-refractivity contribution is 5.87. The molecular weight excluding hydrogens is 368 g/mol. The highest BCUT2D eigenvalue weighted by Crippen LogP contribution is 2.28. The summed E-state index contributed by atoms with van der Waals surface area (Å²) < 4.78 is 4.66. The smallest absolute Gasteiger partial charge is 0.407 e. The third kappa shape index (κ3) is 5.59. The van der Waals surface area contributed by atoms with Crippen LogP contribution in [0.4, 0.5) is 4.79 Å². The molecule has 28 heavy (non-hydrogen) atoms. The van der Waals surface area contributed by atoms with Crippen LogP contribution in [0.5, 0.6) is 0 Å². The summed E-state index contributed by atoms with van der Waals surface area (Å²) in [6, 6.07) is -1.69. The van der Waals surface area contributed by atoms with Crippen molar-refractivity contribution in [3.05, 3.63) is 11.6 Å². The van der Waals surface area contributed by atoms with E-state index < -0.39 is 30.2 Å². The van der Waals surface area contributed by atoms with Crippen molar-refractivity contribution in [1.29, 1.82) is 0 Å². The first-order chi connectivity index (χ1) is 13.2. The van der Waals surface area contributed by atoms with E-state index in [4.69, 9.17) is 11.5 Å².